The molecule has 1 aliphatic rings. The molecule has 45 heavy (non-hydrogen) atoms. The summed E-state index contributed by atoms with van der Waals surface area (Å²) in [6.07, 6.45) is 1.89. The quantitative estimate of drug-likeness (QED) is 0.146. The van der Waals surface area contributed by atoms with Gasteiger partial charge in [0.2, 0.25) is 5.91 Å². The standard InChI is InChI=1S/C38H42ClNO4Si/c1-38(2,3)45(33-17-9-5-10-18-33,34-19-11-6-12-20-34)44-27-26-29(30-22-24-32(39)25-23-30)16-13-21-36(41)40-35(28-43-37(40)42)31-14-7-4-8-15-31/h4-12,14-15,17-20,22-25,29,35H,13,16,21,26-28H2,1-3H3/t29-,35-/m1/s1. The van der Waals surface area contributed by atoms with Crippen LogP contribution in [0.1, 0.15) is 69.5 Å². The number of nitrogens with zero attached hydrogens (tertiary/aromatic N) is 1. The molecule has 0 radical (unpaired) electrons. The van der Waals surface area contributed by atoms with Gasteiger partial charge in [0.1, 0.15) is 12.6 Å². The molecule has 0 saturated carbocycles. The third-order valence-electron chi connectivity index (χ3n) is 8.81. The molecule has 2 amide bonds. The average Bonchev–Trinajstić information content (AvgIpc) is 3.44. The third-order valence-corrected chi connectivity index (χ3v) is 14.1. The molecule has 0 N–H and O–H groups in total. The Kier molecular flexibility index (Phi) is 10.6. The molecule has 7 heteroatoms. The molecule has 234 valence electrons. The van der Waals surface area contributed by atoms with Crippen molar-refractivity contribution in [1.29, 1.82) is 0 Å². The van der Waals surface area contributed by atoms with E-state index in [-0.39, 0.29) is 29.9 Å². The van der Waals surface area contributed by atoms with Gasteiger partial charge in [0, 0.05) is 18.1 Å². The summed E-state index contributed by atoms with van der Waals surface area (Å²) in [7, 11) is -2.67. The predicted octanol–water partition coefficient (Wildman–Crippen LogP) is 8.28. The number of amides is 2. The molecule has 2 atom stereocenters. The lowest BCUT2D eigenvalue weighted by molar-refractivity contribution is -0.129. The van der Waals surface area contributed by atoms with Gasteiger partial charge in [0.25, 0.3) is 8.32 Å². The highest BCUT2D eigenvalue weighted by Gasteiger charge is 2.50. The molecular weight excluding hydrogens is 598 g/mol. The van der Waals surface area contributed by atoms with Crippen LogP contribution in [0.15, 0.2) is 115 Å². The first-order valence-electron chi connectivity index (χ1n) is 15.7. The van der Waals surface area contributed by atoms with Crippen molar-refractivity contribution in [2.24, 2.45) is 0 Å². The molecule has 0 aromatic heterocycles. The van der Waals surface area contributed by atoms with Crippen LogP contribution in [0, 0.1) is 0 Å². The largest absolute Gasteiger partial charge is 0.446 e. The lowest BCUT2D eigenvalue weighted by Crippen LogP contribution is -2.66. The van der Waals surface area contributed by atoms with Gasteiger partial charge in [-0.15, -0.1) is 0 Å². The lowest BCUT2D eigenvalue weighted by atomic mass is 9.91. The lowest BCUT2D eigenvalue weighted by Gasteiger charge is -2.43. The summed E-state index contributed by atoms with van der Waals surface area (Å²) >= 11 is 6.25. The van der Waals surface area contributed by atoms with Crippen molar-refractivity contribution in [3.05, 3.63) is 131 Å². The molecule has 0 unspecified atom stereocenters. The zero-order chi connectivity index (χ0) is 31.9. The normalized spacial score (nSPS) is 16.0. The zero-order valence-electron chi connectivity index (χ0n) is 26.3. The first-order chi connectivity index (χ1) is 21.7. The second-order valence-electron chi connectivity index (χ2n) is 12.7. The predicted molar refractivity (Wildman–Crippen MR) is 184 cm³/mol. The van der Waals surface area contributed by atoms with Gasteiger partial charge in [0.15, 0.2) is 0 Å². The van der Waals surface area contributed by atoms with Gasteiger partial charge in [-0.2, -0.15) is 0 Å². The fourth-order valence-electron chi connectivity index (χ4n) is 6.57. The Hall–Kier alpha value is -3.71. The Bertz CT molecular complexity index is 1500. The highest BCUT2D eigenvalue weighted by atomic mass is 35.5. The SMILES string of the molecule is CC(C)(C)[Si](OCC[C@@H](CCCC(=O)N1C(=O)OC[C@@H]1c1ccccc1)c1ccc(Cl)cc1)(c1ccccc1)c1ccccc1. The average molecular weight is 640 g/mol. The topological polar surface area (TPSA) is 55.8 Å². The molecule has 4 aromatic carbocycles. The minimum absolute atomic E-state index is 0.114. The van der Waals surface area contributed by atoms with Crippen LogP contribution in [0.2, 0.25) is 10.1 Å². The summed E-state index contributed by atoms with van der Waals surface area (Å²) in [5.41, 5.74) is 2.07. The Morgan fingerprint density at radius 1 is 0.867 bits per heavy atom. The van der Waals surface area contributed by atoms with E-state index in [1.807, 2.05) is 42.5 Å². The van der Waals surface area contributed by atoms with Crippen molar-refractivity contribution >= 4 is 42.3 Å². The van der Waals surface area contributed by atoms with E-state index in [2.05, 4.69) is 93.6 Å². The van der Waals surface area contributed by atoms with Gasteiger partial charge >= 0.3 is 6.09 Å². The van der Waals surface area contributed by atoms with E-state index in [1.165, 1.54) is 20.8 Å². The number of carbonyl (C=O) groups excluding carboxylic acids is 2. The molecule has 1 heterocycles. The van der Waals surface area contributed by atoms with E-state index in [0.29, 0.717) is 18.1 Å². The number of benzene rings is 4. The molecule has 1 fully saturated rings. The summed E-state index contributed by atoms with van der Waals surface area (Å²) in [6, 6.07) is 38.5. The van der Waals surface area contributed by atoms with E-state index in [4.69, 9.17) is 20.8 Å². The molecule has 4 aromatic rings. The van der Waals surface area contributed by atoms with E-state index in [1.54, 1.807) is 0 Å². The van der Waals surface area contributed by atoms with Crippen molar-refractivity contribution in [3.8, 4) is 0 Å². The van der Waals surface area contributed by atoms with Crippen LogP contribution in [0.25, 0.3) is 0 Å². The Balaban J connectivity index is 1.32. The molecule has 0 bridgehead atoms. The van der Waals surface area contributed by atoms with Crippen LogP contribution in [0.5, 0.6) is 0 Å². The number of hydrogen-bond donors (Lipinski definition) is 0. The van der Waals surface area contributed by atoms with Crippen LogP contribution in [0.3, 0.4) is 0 Å². The van der Waals surface area contributed by atoms with E-state index < -0.39 is 20.5 Å². The van der Waals surface area contributed by atoms with E-state index >= 15 is 0 Å². The summed E-state index contributed by atoms with van der Waals surface area (Å²) < 4.78 is 12.5. The number of hydrogen-bond acceptors (Lipinski definition) is 4. The van der Waals surface area contributed by atoms with Crippen molar-refractivity contribution in [3.63, 3.8) is 0 Å². The highest BCUT2D eigenvalue weighted by Crippen LogP contribution is 2.38. The van der Waals surface area contributed by atoms with Gasteiger partial charge in [-0.05, 0) is 63.9 Å². The molecule has 5 rings (SSSR count). The van der Waals surface area contributed by atoms with Gasteiger partial charge < -0.3 is 9.16 Å². The Morgan fingerprint density at radius 2 is 1.42 bits per heavy atom. The third kappa shape index (κ3) is 7.41. The van der Waals surface area contributed by atoms with Crippen molar-refractivity contribution in [2.45, 2.75) is 63.5 Å². The summed E-state index contributed by atoms with van der Waals surface area (Å²) in [5.74, 6) is -0.0477. The van der Waals surface area contributed by atoms with Crippen molar-refractivity contribution in [1.82, 2.24) is 4.90 Å². The smallest absolute Gasteiger partial charge is 0.417 e. The Morgan fingerprint density at radius 3 is 1.98 bits per heavy atom. The fourth-order valence-corrected chi connectivity index (χ4v) is 11.3. The highest BCUT2D eigenvalue weighted by molar-refractivity contribution is 6.99. The molecule has 0 aliphatic carbocycles. The number of rotatable bonds is 12. The van der Waals surface area contributed by atoms with Gasteiger partial charge in [0.05, 0.1) is 0 Å². The minimum atomic E-state index is -2.67. The maximum Gasteiger partial charge on any atom is 0.417 e. The fraction of sp³-hybridized carbons (Fsp3) is 0.316. The van der Waals surface area contributed by atoms with Crippen LogP contribution in [-0.4, -0.2) is 38.4 Å². The molecule has 5 nitrogen and oxygen atoms in total. The number of carbonyl (C=O) groups is 2. The number of ether oxygens (including phenoxy) is 1. The zero-order valence-corrected chi connectivity index (χ0v) is 28.1. The monoisotopic (exact) mass is 639 g/mol. The molecule has 1 saturated heterocycles. The minimum Gasteiger partial charge on any atom is -0.446 e. The van der Waals surface area contributed by atoms with Crippen LogP contribution < -0.4 is 10.4 Å². The first-order valence-corrected chi connectivity index (χ1v) is 18.0. The second kappa shape index (κ2) is 14.6. The van der Waals surface area contributed by atoms with Gasteiger partial charge in [-0.1, -0.05) is 136 Å². The number of imide groups is 1. The Labute approximate surface area is 273 Å². The maximum absolute atomic E-state index is 13.4. The van der Waals surface area contributed by atoms with Crippen molar-refractivity contribution < 1.29 is 18.8 Å². The summed E-state index contributed by atoms with van der Waals surface area (Å²) in [6.45, 7) is 7.61. The molecule has 0 spiro atoms. The van der Waals surface area contributed by atoms with Crippen LogP contribution in [0.4, 0.5) is 4.79 Å². The summed E-state index contributed by atoms with van der Waals surface area (Å²) in [4.78, 5) is 27.2. The van der Waals surface area contributed by atoms with Crippen molar-refractivity contribution in [2.75, 3.05) is 13.2 Å². The van der Waals surface area contributed by atoms with Crippen LogP contribution >= 0.6 is 11.6 Å². The van der Waals surface area contributed by atoms with E-state index in [0.717, 1.165) is 18.4 Å². The first kappa shape index (κ1) is 32.7. The van der Waals surface area contributed by atoms with Gasteiger partial charge in [-0.3, -0.25) is 4.79 Å². The molecular formula is C38H42ClNO4Si. The van der Waals surface area contributed by atoms with Gasteiger partial charge in [-0.25, -0.2) is 9.69 Å². The maximum atomic E-state index is 13.4. The molecule has 1 aliphatic heterocycles. The number of cyclic esters (lactones) is 1. The van der Waals surface area contributed by atoms with E-state index in [9.17, 15) is 9.59 Å². The summed E-state index contributed by atoms with van der Waals surface area (Å²) in [5, 5.41) is 3.08. The van der Waals surface area contributed by atoms with Crippen LogP contribution in [-0.2, 0) is 14.0 Å². The second-order valence-corrected chi connectivity index (χ2v) is 17.5. The number of halogens is 1.